The van der Waals surface area contributed by atoms with Crippen molar-refractivity contribution in [3.63, 3.8) is 0 Å². The van der Waals surface area contributed by atoms with E-state index in [-0.39, 0.29) is 39.8 Å². The Labute approximate surface area is 264 Å². The van der Waals surface area contributed by atoms with E-state index in [0.29, 0.717) is 10.6 Å². The number of nitrogens with one attached hydrogen (secondary N) is 1. The molecule has 0 radical (unpaired) electrons. The molecule has 0 unspecified atom stereocenters. The van der Waals surface area contributed by atoms with Crippen molar-refractivity contribution in [2.24, 2.45) is 0 Å². The van der Waals surface area contributed by atoms with E-state index >= 15 is 0 Å². The SMILES string of the molecule is COc1ccc(Cl)cc1N(CC(=O)N(Cc1ccccc1Cl)[C@H](C)C(=O)NC1CCCCC1)S(=O)(=O)c1ccc(C)cc1. The molecule has 11 heteroatoms. The number of carbonyl (C=O) groups excluding carboxylic acids is 2. The first kappa shape index (κ1) is 32.6. The van der Waals surface area contributed by atoms with Gasteiger partial charge in [0, 0.05) is 22.6 Å². The normalized spacial score (nSPS) is 14.5. The molecule has 1 fully saturated rings. The maximum Gasteiger partial charge on any atom is 0.264 e. The molecule has 1 aliphatic carbocycles. The van der Waals surface area contributed by atoms with E-state index in [4.69, 9.17) is 27.9 Å². The topological polar surface area (TPSA) is 96.0 Å². The fraction of sp³-hybridized carbons (Fsp3) is 0.375. The number of aryl methyl sites for hydroxylation is 1. The molecule has 1 aliphatic rings. The van der Waals surface area contributed by atoms with Crippen LogP contribution in [-0.4, -0.2) is 50.9 Å². The van der Waals surface area contributed by atoms with Gasteiger partial charge in [-0.3, -0.25) is 13.9 Å². The van der Waals surface area contributed by atoms with E-state index < -0.39 is 28.5 Å². The summed E-state index contributed by atoms with van der Waals surface area (Å²) < 4.78 is 34.7. The number of amides is 2. The lowest BCUT2D eigenvalue weighted by molar-refractivity contribution is -0.139. The number of rotatable bonds is 11. The van der Waals surface area contributed by atoms with Crippen LogP contribution in [0.4, 0.5) is 5.69 Å². The third kappa shape index (κ3) is 8.02. The number of ether oxygens (including phenoxy) is 1. The predicted molar refractivity (Wildman–Crippen MR) is 170 cm³/mol. The highest BCUT2D eigenvalue weighted by Gasteiger charge is 2.34. The fourth-order valence-electron chi connectivity index (χ4n) is 5.17. The number of hydrogen-bond donors (Lipinski definition) is 1. The minimum Gasteiger partial charge on any atom is -0.495 e. The quantitative estimate of drug-likeness (QED) is 0.261. The lowest BCUT2D eigenvalue weighted by Crippen LogP contribution is -2.53. The highest BCUT2D eigenvalue weighted by atomic mass is 35.5. The van der Waals surface area contributed by atoms with Crippen molar-refractivity contribution in [2.75, 3.05) is 18.0 Å². The van der Waals surface area contributed by atoms with Crippen molar-refractivity contribution in [3.05, 3.63) is 87.9 Å². The van der Waals surface area contributed by atoms with Crippen LogP contribution in [0.2, 0.25) is 10.0 Å². The van der Waals surface area contributed by atoms with E-state index in [9.17, 15) is 18.0 Å². The molecule has 4 rings (SSSR count). The minimum absolute atomic E-state index is 0.00284. The van der Waals surface area contributed by atoms with Gasteiger partial charge in [0.25, 0.3) is 10.0 Å². The summed E-state index contributed by atoms with van der Waals surface area (Å²) in [5, 5.41) is 3.79. The lowest BCUT2D eigenvalue weighted by Gasteiger charge is -2.33. The molecule has 3 aromatic rings. The third-order valence-corrected chi connectivity index (χ3v) is 10.1. The number of hydrogen-bond acceptors (Lipinski definition) is 5. The van der Waals surface area contributed by atoms with Crippen LogP contribution in [0.15, 0.2) is 71.6 Å². The summed E-state index contributed by atoms with van der Waals surface area (Å²) in [6, 6.07) is 17.1. The average Bonchev–Trinajstić information content (AvgIpc) is 2.99. The van der Waals surface area contributed by atoms with E-state index in [1.165, 1.54) is 30.2 Å². The molecule has 1 atom stereocenters. The molecule has 0 saturated heterocycles. The van der Waals surface area contributed by atoms with E-state index in [0.717, 1.165) is 42.0 Å². The second kappa shape index (κ2) is 14.5. The lowest BCUT2D eigenvalue weighted by atomic mass is 9.95. The molecule has 0 aliphatic heterocycles. The Balaban J connectivity index is 1.74. The molecule has 0 spiro atoms. The standard InChI is InChI=1S/C32H37Cl2N3O5S/c1-22-13-16-27(17-14-22)43(40,41)37(29-19-25(33)15-18-30(29)42-3)21-31(38)36(20-24-9-7-8-12-28(24)34)23(2)32(39)35-26-10-5-4-6-11-26/h7-9,12-19,23,26H,4-6,10-11,20-21H2,1-3H3,(H,35,39)/t23-/m1/s1. The predicted octanol–water partition coefficient (Wildman–Crippen LogP) is 6.37. The van der Waals surface area contributed by atoms with Crippen LogP contribution >= 0.6 is 23.2 Å². The van der Waals surface area contributed by atoms with Gasteiger partial charge in [-0.1, -0.05) is 78.4 Å². The van der Waals surface area contributed by atoms with Crippen molar-refractivity contribution in [1.29, 1.82) is 0 Å². The molecule has 8 nitrogen and oxygen atoms in total. The molecule has 43 heavy (non-hydrogen) atoms. The van der Waals surface area contributed by atoms with Crippen molar-refractivity contribution in [1.82, 2.24) is 10.2 Å². The zero-order valence-corrected chi connectivity index (χ0v) is 26.9. The number of halogens is 2. The van der Waals surface area contributed by atoms with Crippen LogP contribution < -0.4 is 14.4 Å². The van der Waals surface area contributed by atoms with Crippen LogP contribution in [-0.2, 0) is 26.2 Å². The third-order valence-electron chi connectivity index (χ3n) is 7.71. The molecule has 3 aromatic carbocycles. The van der Waals surface area contributed by atoms with Crippen LogP contribution in [0.3, 0.4) is 0 Å². The fourth-order valence-corrected chi connectivity index (χ4v) is 6.95. The summed E-state index contributed by atoms with van der Waals surface area (Å²) in [7, 11) is -2.87. The zero-order chi connectivity index (χ0) is 31.1. The highest BCUT2D eigenvalue weighted by Crippen LogP contribution is 2.35. The maximum atomic E-state index is 14.2. The number of benzene rings is 3. The number of methoxy groups -OCH3 is 1. The van der Waals surface area contributed by atoms with E-state index in [1.807, 2.05) is 6.92 Å². The molecule has 1 saturated carbocycles. The van der Waals surface area contributed by atoms with Gasteiger partial charge < -0.3 is 15.0 Å². The van der Waals surface area contributed by atoms with Gasteiger partial charge in [-0.15, -0.1) is 0 Å². The minimum atomic E-state index is -4.28. The summed E-state index contributed by atoms with van der Waals surface area (Å²) >= 11 is 12.8. The molecule has 1 N–H and O–H groups in total. The molecule has 230 valence electrons. The second-order valence-electron chi connectivity index (χ2n) is 10.8. The second-order valence-corrected chi connectivity index (χ2v) is 13.5. The molecule has 2 amide bonds. The van der Waals surface area contributed by atoms with Crippen LogP contribution in [0.1, 0.15) is 50.2 Å². The van der Waals surface area contributed by atoms with Crippen LogP contribution in [0.25, 0.3) is 0 Å². The number of anilines is 1. The molecular weight excluding hydrogens is 609 g/mol. The monoisotopic (exact) mass is 645 g/mol. The Morgan fingerprint density at radius 1 is 1.00 bits per heavy atom. The Kier molecular flexibility index (Phi) is 11.0. The molecular formula is C32H37Cl2N3O5S. The summed E-state index contributed by atoms with van der Waals surface area (Å²) in [5.74, 6) is -0.682. The van der Waals surface area contributed by atoms with Gasteiger partial charge in [-0.05, 0) is 68.7 Å². The van der Waals surface area contributed by atoms with Gasteiger partial charge in [0.05, 0.1) is 17.7 Å². The first-order chi connectivity index (χ1) is 20.5. The smallest absolute Gasteiger partial charge is 0.264 e. The summed E-state index contributed by atoms with van der Waals surface area (Å²) in [6.07, 6.45) is 4.98. The van der Waals surface area contributed by atoms with E-state index in [1.54, 1.807) is 55.5 Å². The average molecular weight is 647 g/mol. The first-order valence-corrected chi connectivity index (χ1v) is 16.5. The van der Waals surface area contributed by atoms with Crippen LogP contribution in [0, 0.1) is 6.92 Å². The largest absolute Gasteiger partial charge is 0.495 e. The van der Waals surface area contributed by atoms with Gasteiger partial charge in [-0.2, -0.15) is 0 Å². The first-order valence-electron chi connectivity index (χ1n) is 14.3. The Morgan fingerprint density at radius 3 is 2.33 bits per heavy atom. The zero-order valence-electron chi connectivity index (χ0n) is 24.6. The molecule has 0 aromatic heterocycles. The summed E-state index contributed by atoms with van der Waals surface area (Å²) in [5.41, 5.74) is 1.61. The molecule has 0 bridgehead atoms. The number of sulfonamides is 1. The maximum absolute atomic E-state index is 14.2. The van der Waals surface area contributed by atoms with Gasteiger partial charge in [-0.25, -0.2) is 8.42 Å². The van der Waals surface area contributed by atoms with Crippen molar-refractivity contribution >= 4 is 50.7 Å². The Hall–Kier alpha value is -3.27. The van der Waals surface area contributed by atoms with Gasteiger partial charge >= 0.3 is 0 Å². The van der Waals surface area contributed by atoms with Crippen molar-refractivity contribution in [3.8, 4) is 5.75 Å². The summed E-state index contributed by atoms with van der Waals surface area (Å²) in [4.78, 5) is 29.1. The van der Waals surface area contributed by atoms with Crippen molar-refractivity contribution in [2.45, 2.75) is 69.5 Å². The van der Waals surface area contributed by atoms with Crippen LogP contribution in [0.5, 0.6) is 5.75 Å². The van der Waals surface area contributed by atoms with Gasteiger partial charge in [0.15, 0.2) is 0 Å². The molecule has 0 heterocycles. The van der Waals surface area contributed by atoms with Gasteiger partial charge in [0.2, 0.25) is 11.8 Å². The van der Waals surface area contributed by atoms with Crippen molar-refractivity contribution < 1.29 is 22.7 Å². The highest BCUT2D eigenvalue weighted by molar-refractivity contribution is 7.92. The number of nitrogens with zero attached hydrogens (tertiary/aromatic N) is 2. The Bertz CT molecular complexity index is 1540. The van der Waals surface area contributed by atoms with E-state index in [2.05, 4.69) is 5.32 Å². The Morgan fingerprint density at radius 2 is 1.67 bits per heavy atom. The van der Waals surface area contributed by atoms with Gasteiger partial charge in [0.1, 0.15) is 18.3 Å². The summed E-state index contributed by atoms with van der Waals surface area (Å²) in [6.45, 7) is 2.89. The number of carbonyl (C=O) groups is 2.